The average molecular weight is 329 g/mol. The van der Waals surface area contributed by atoms with Crippen LogP contribution in [0.5, 0.6) is 0 Å². The minimum absolute atomic E-state index is 0.109. The van der Waals surface area contributed by atoms with Crippen molar-refractivity contribution in [3.8, 4) is 0 Å². The first-order chi connectivity index (χ1) is 9.88. The van der Waals surface area contributed by atoms with Gasteiger partial charge in [-0.05, 0) is 45.1 Å². The molecular formula is C15H24N2O2S2. The van der Waals surface area contributed by atoms with Crippen molar-refractivity contribution >= 4 is 21.4 Å². The third kappa shape index (κ3) is 3.18. The van der Waals surface area contributed by atoms with Crippen molar-refractivity contribution in [2.45, 2.75) is 63.6 Å². The summed E-state index contributed by atoms with van der Waals surface area (Å²) in [5.74, 6) is 0.449. The van der Waals surface area contributed by atoms with Gasteiger partial charge in [0.25, 0.3) is 0 Å². The molecular weight excluding hydrogens is 304 g/mol. The van der Waals surface area contributed by atoms with E-state index in [2.05, 4.69) is 12.2 Å². The predicted molar refractivity (Wildman–Crippen MR) is 86.1 cm³/mol. The van der Waals surface area contributed by atoms with Gasteiger partial charge in [0, 0.05) is 34.9 Å². The second-order valence-corrected chi connectivity index (χ2v) is 9.75. The molecule has 1 aliphatic heterocycles. The Morgan fingerprint density at radius 1 is 1.38 bits per heavy atom. The van der Waals surface area contributed by atoms with Crippen molar-refractivity contribution in [3.05, 3.63) is 15.8 Å². The van der Waals surface area contributed by atoms with E-state index in [1.807, 2.05) is 19.9 Å². The molecule has 2 unspecified atom stereocenters. The Labute approximate surface area is 131 Å². The van der Waals surface area contributed by atoms with Crippen LogP contribution in [0, 0.1) is 12.8 Å². The van der Waals surface area contributed by atoms with Crippen LogP contribution in [-0.2, 0) is 16.6 Å². The van der Waals surface area contributed by atoms with Crippen LogP contribution in [-0.4, -0.2) is 31.4 Å². The summed E-state index contributed by atoms with van der Waals surface area (Å²) in [7, 11) is -3.34. The number of hydrogen-bond donors (Lipinski definition) is 1. The van der Waals surface area contributed by atoms with Crippen molar-refractivity contribution in [3.63, 3.8) is 0 Å². The summed E-state index contributed by atoms with van der Waals surface area (Å²) in [6, 6.07) is 2.63. The molecule has 2 aliphatic rings. The molecule has 3 rings (SSSR count). The van der Waals surface area contributed by atoms with E-state index in [1.165, 1.54) is 12.8 Å². The molecule has 1 aromatic rings. The highest BCUT2D eigenvalue weighted by Crippen LogP contribution is 2.34. The lowest BCUT2D eigenvalue weighted by molar-refractivity contribution is 0.405. The summed E-state index contributed by atoms with van der Waals surface area (Å²) in [6.07, 6.45) is 3.45. The van der Waals surface area contributed by atoms with Crippen molar-refractivity contribution in [2.24, 2.45) is 5.92 Å². The van der Waals surface area contributed by atoms with Crippen molar-refractivity contribution < 1.29 is 8.42 Å². The maximum Gasteiger partial charge on any atom is 0.244 e. The molecule has 21 heavy (non-hydrogen) atoms. The van der Waals surface area contributed by atoms with Gasteiger partial charge in [-0.2, -0.15) is 4.31 Å². The molecule has 2 fully saturated rings. The van der Waals surface area contributed by atoms with Crippen LogP contribution in [0.2, 0.25) is 0 Å². The molecule has 1 N–H and O–H groups in total. The monoisotopic (exact) mass is 328 g/mol. The van der Waals surface area contributed by atoms with Crippen LogP contribution in [0.1, 0.15) is 42.9 Å². The van der Waals surface area contributed by atoms with Gasteiger partial charge in [0.05, 0.1) is 4.90 Å². The highest BCUT2D eigenvalue weighted by molar-refractivity contribution is 7.89. The maximum atomic E-state index is 12.9. The Morgan fingerprint density at radius 3 is 2.67 bits per heavy atom. The molecule has 2 atom stereocenters. The molecule has 118 valence electrons. The molecule has 1 aliphatic carbocycles. The van der Waals surface area contributed by atoms with Crippen molar-refractivity contribution in [1.29, 1.82) is 0 Å². The quantitative estimate of drug-likeness (QED) is 0.904. The second-order valence-electron chi connectivity index (χ2n) is 6.55. The summed E-state index contributed by atoms with van der Waals surface area (Å²) in [5.41, 5.74) is 0. The Balaban J connectivity index is 1.81. The third-order valence-electron chi connectivity index (χ3n) is 4.38. The minimum Gasteiger partial charge on any atom is -0.309 e. The highest BCUT2D eigenvalue weighted by atomic mass is 32.2. The van der Waals surface area contributed by atoms with E-state index in [9.17, 15) is 8.42 Å². The number of rotatable bonds is 5. The summed E-state index contributed by atoms with van der Waals surface area (Å²) in [5, 5.41) is 3.45. The first-order valence-corrected chi connectivity index (χ1v) is 9.98. The normalized spacial score (nSPS) is 27.4. The number of sulfonamides is 1. The second kappa shape index (κ2) is 5.65. The lowest BCUT2D eigenvalue weighted by Crippen LogP contribution is -2.34. The fourth-order valence-electron chi connectivity index (χ4n) is 3.12. The molecule has 6 heteroatoms. The topological polar surface area (TPSA) is 49.4 Å². The molecule has 0 aromatic carbocycles. The predicted octanol–water partition coefficient (Wildman–Crippen LogP) is 2.73. The molecule has 0 spiro atoms. The van der Waals surface area contributed by atoms with Gasteiger partial charge in [0.15, 0.2) is 0 Å². The average Bonchev–Trinajstić information content (AvgIpc) is 3.06. The first kappa shape index (κ1) is 15.5. The third-order valence-corrected chi connectivity index (χ3v) is 7.66. The van der Waals surface area contributed by atoms with Gasteiger partial charge in [-0.3, -0.25) is 0 Å². The van der Waals surface area contributed by atoms with Crippen LogP contribution >= 0.6 is 11.3 Å². The molecule has 4 nitrogen and oxygen atoms in total. The van der Waals surface area contributed by atoms with Gasteiger partial charge in [-0.15, -0.1) is 11.3 Å². The van der Waals surface area contributed by atoms with Crippen LogP contribution in [0.4, 0.5) is 0 Å². The Morgan fingerprint density at radius 2 is 2.10 bits per heavy atom. The lowest BCUT2D eigenvalue weighted by atomic mass is 10.1. The lowest BCUT2D eigenvalue weighted by Gasteiger charge is -2.20. The van der Waals surface area contributed by atoms with Crippen LogP contribution in [0.15, 0.2) is 11.0 Å². The molecule has 1 saturated heterocycles. The van der Waals surface area contributed by atoms with Crippen molar-refractivity contribution in [2.75, 3.05) is 6.54 Å². The zero-order valence-corrected chi connectivity index (χ0v) is 14.6. The highest BCUT2D eigenvalue weighted by Gasteiger charge is 2.37. The maximum absolute atomic E-state index is 12.9. The fraction of sp³-hybridized carbons (Fsp3) is 0.733. The number of aryl methyl sites for hydroxylation is 1. The molecule has 0 amide bonds. The SMILES string of the molecule is Cc1sc(CNC2CC2)cc1S(=O)(=O)N1CC(C)CC1C. The van der Waals surface area contributed by atoms with Crippen LogP contribution in [0.3, 0.4) is 0 Å². The minimum atomic E-state index is -3.34. The van der Waals surface area contributed by atoms with E-state index >= 15 is 0 Å². The Bertz CT molecular complexity index is 620. The standard InChI is InChI=1S/C15H24N2O2S2/c1-10-6-11(2)17(9-10)21(18,19)15-7-14(20-12(15)3)8-16-13-4-5-13/h7,10-11,13,16H,4-6,8-9H2,1-3H3. The number of thiophene rings is 1. The van der Waals surface area contributed by atoms with Gasteiger partial charge in [-0.25, -0.2) is 8.42 Å². The van der Waals surface area contributed by atoms with E-state index in [1.54, 1.807) is 15.6 Å². The van der Waals surface area contributed by atoms with E-state index in [0.717, 1.165) is 22.7 Å². The molecule has 1 saturated carbocycles. The molecule has 0 bridgehead atoms. The zero-order chi connectivity index (χ0) is 15.2. The van der Waals surface area contributed by atoms with E-state index < -0.39 is 10.0 Å². The summed E-state index contributed by atoms with van der Waals surface area (Å²) < 4.78 is 27.5. The number of nitrogens with one attached hydrogen (secondary N) is 1. The van der Waals surface area contributed by atoms with Crippen molar-refractivity contribution in [1.82, 2.24) is 9.62 Å². The largest absolute Gasteiger partial charge is 0.309 e. The molecule has 1 aromatic heterocycles. The smallest absolute Gasteiger partial charge is 0.244 e. The van der Waals surface area contributed by atoms with Gasteiger partial charge in [0.2, 0.25) is 10.0 Å². The Kier molecular flexibility index (Phi) is 4.16. The van der Waals surface area contributed by atoms with Gasteiger partial charge < -0.3 is 5.32 Å². The van der Waals surface area contributed by atoms with E-state index in [4.69, 9.17) is 0 Å². The molecule has 0 radical (unpaired) electrons. The van der Waals surface area contributed by atoms with Gasteiger partial charge >= 0.3 is 0 Å². The first-order valence-electron chi connectivity index (χ1n) is 7.72. The number of hydrogen-bond acceptors (Lipinski definition) is 4. The van der Waals surface area contributed by atoms with Crippen LogP contribution in [0.25, 0.3) is 0 Å². The molecule has 2 heterocycles. The summed E-state index contributed by atoms with van der Waals surface area (Å²) >= 11 is 1.60. The Hall–Kier alpha value is -0.430. The van der Waals surface area contributed by atoms with Crippen LogP contribution < -0.4 is 5.32 Å². The van der Waals surface area contributed by atoms with Gasteiger partial charge in [-0.1, -0.05) is 6.92 Å². The van der Waals surface area contributed by atoms with Gasteiger partial charge in [0.1, 0.15) is 0 Å². The number of nitrogens with zero attached hydrogens (tertiary/aromatic N) is 1. The zero-order valence-electron chi connectivity index (χ0n) is 12.9. The summed E-state index contributed by atoms with van der Waals surface area (Å²) in [4.78, 5) is 2.55. The summed E-state index contributed by atoms with van der Waals surface area (Å²) in [6.45, 7) is 7.49. The fourth-order valence-corrected chi connectivity index (χ4v) is 6.44. The van der Waals surface area contributed by atoms with E-state index in [0.29, 0.717) is 23.4 Å². The van der Waals surface area contributed by atoms with E-state index in [-0.39, 0.29) is 6.04 Å².